The van der Waals surface area contributed by atoms with Crippen LogP contribution in [0.5, 0.6) is 0 Å². The number of carbonyl (C=O) groups is 1. The van der Waals surface area contributed by atoms with Crippen LogP contribution in [-0.2, 0) is 4.74 Å². The topological polar surface area (TPSA) is 58.6 Å². The van der Waals surface area contributed by atoms with Gasteiger partial charge in [-0.1, -0.05) is 19.1 Å². The van der Waals surface area contributed by atoms with Gasteiger partial charge in [-0.15, -0.1) is 0 Å². The Morgan fingerprint density at radius 3 is 3.00 bits per heavy atom. The summed E-state index contributed by atoms with van der Waals surface area (Å²) in [6.07, 6.45) is 3.14. The van der Waals surface area contributed by atoms with Crippen molar-refractivity contribution in [2.24, 2.45) is 0 Å². The summed E-state index contributed by atoms with van der Waals surface area (Å²) < 4.78 is 5.62. The van der Waals surface area contributed by atoms with E-state index in [1.54, 1.807) is 12.1 Å². The zero-order valence-electron chi connectivity index (χ0n) is 10.6. The number of carboxylic acid groups (broad SMARTS) is 1. The molecule has 0 bridgehead atoms. The van der Waals surface area contributed by atoms with Crippen LogP contribution in [0.4, 0.5) is 5.69 Å². The molecule has 1 aliphatic heterocycles. The minimum atomic E-state index is -0.891. The summed E-state index contributed by atoms with van der Waals surface area (Å²) in [4.78, 5) is 11.1. The van der Waals surface area contributed by atoms with Gasteiger partial charge in [-0.3, -0.25) is 0 Å². The fraction of sp³-hybridized carbons (Fsp3) is 0.500. The van der Waals surface area contributed by atoms with Crippen molar-refractivity contribution in [3.05, 3.63) is 29.8 Å². The van der Waals surface area contributed by atoms with E-state index in [-0.39, 0.29) is 6.10 Å². The SMILES string of the molecule is CCC1CC(Nc2ccccc2C(=O)O)CCO1. The monoisotopic (exact) mass is 249 g/mol. The number of ether oxygens (including phenoxy) is 1. The van der Waals surface area contributed by atoms with Gasteiger partial charge in [0.15, 0.2) is 0 Å². The third kappa shape index (κ3) is 3.01. The number of aromatic carboxylic acids is 1. The van der Waals surface area contributed by atoms with E-state index in [4.69, 9.17) is 9.84 Å². The summed E-state index contributed by atoms with van der Waals surface area (Å²) in [6, 6.07) is 7.34. The lowest BCUT2D eigenvalue weighted by atomic mass is 10.0. The fourth-order valence-electron chi connectivity index (χ4n) is 2.31. The highest BCUT2D eigenvalue weighted by atomic mass is 16.5. The molecule has 2 unspecified atom stereocenters. The zero-order chi connectivity index (χ0) is 13.0. The van der Waals surface area contributed by atoms with Crippen molar-refractivity contribution in [2.45, 2.75) is 38.3 Å². The van der Waals surface area contributed by atoms with E-state index < -0.39 is 5.97 Å². The number of carboxylic acids is 1. The summed E-state index contributed by atoms with van der Waals surface area (Å²) in [5, 5.41) is 12.5. The molecule has 0 amide bonds. The molecule has 1 saturated heterocycles. The summed E-state index contributed by atoms with van der Waals surface area (Å²) in [7, 11) is 0. The molecule has 18 heavy (non-hydrogen) atoms. The third-order valence-corrected chi connectivity index (χ3v) is 3.34. The lowest BCUT2D eigenvalue weighted by molar-refractivity contribution is 0.00925. The van der Waals surface area contributed by atoms with Gasteiger partial charge in [0.05, 0.1) is 11.7 Å². The van der Waals surface area contributed by atoms with Gasteiger partial charge in [0.1, 0.15) is 0 Å². The Morgan fingerprint density at radius 1 is 1.50 bits per heavy atom. The fourth-order valence-corrected chi connectivity index (χ4v) is 2.31. The second-order valence-corrected chi connectivity index (χ2v) is 4.62. The van der Waals surface area contributed by atoms with Crippen LogP contribution < -0.4 is 5.32 Å². The van der Waals surface area contributed by atoms with E-state index in [0.29, 0.717) is 17.3 Å². The highest BCUT2D eigenvalue weighted by Gasteiger charge is 2.22. The Morgan fingerprint density at radius 2 is 2.28 bits per heavy atom. The molecular formula is C14H19NO3. The van der Waals surface area contributed by atoms with Gasteiger partial charge in [-0.2, -0.15) is 0 Å². The lowest BCUT2D eigenvalue weighted by Gasteiger charge is -2.30. The Balaban J connectivity index is 2.07. The molecular weight excluding hydrogens is 230 g/mol. The molecule has 98 valence electrons. The number of nitrogens with one attached hydrogen (secondary N) is 1. The van der Waals surface area contributed by atoms with E-state index >= 15 is 0 Å². The van der Waals surface area contributed by atoms with Crippen molar-refractivity contribution in [2.75, 3.05) is 11.9 Å². The maximum absolute atomic E-state index is 11.1. The van der Waals surface area contributed by atoms with Gasteiger partial charge >= 0.3 is 5.97 Å². The predicted molar refractivity (Wildman–Crippen MR) is 70.1 cm³/mol. The van der Waals surface area contributed by atoms with E-state index in [1.165, 1.54) is 0 Å². The van der Waals surface area contributed by atoms with Gasteiger partial charge in [-0.25, -0.2) is 4.79 Å². The molecule has 0 radical (unpaired) electrons. The third-order valence-electron chi connectivity index (χ3n) is 3.34. The molecule has 1 fully saturated rings. The van der Waals surface area contributed by atoms with E-state index in [0.717, 1.165) is 25.9 Å². The molecule has 4 heteroatoms. The number of rotatable bonds is 4. The van der Waals surface area contributed by atoms with Gasteiger partial charge in [0.2, 0.25) is 0 Å². The van der Waals surface area contributed by atoms with Crippen LogP contribution in [0.15, 0.2) is 24.3 Å². The van der Waals surface area contributed by atoms with Crippen LogP contribution >= 0.6 is 0 Å². The smallest absolute Gasteiger partial charge is 0.337 e. The van der Waals surface area contributed by atoms with E-state index in [9.17, 15) is 4.79 Å². The Kier molecular flexibility index (Phi) is 4.20. The molecule has 2 rings (SSSR count). The largest absolute Gasteiger partial charge is 0.478 e. The van der Waals surface area contributed by atoms with Crippen molar-refractivity contribution >= 4 is 11.7 Å². The summed E-state index contributed by atoms with van der Waals surface area (Å²) in [5.41, 5.74) is 1.03. The van der Waals surface area contributed by atoms with Gasteiger partial charge in [0.25, 0.3) is 0 Å². The molecule has 0 aliphatic carbocycles. The van der Waals surface area contributed by atoms with Crippen LogP contribution in [0.1, 0.15) is 36.5 Å². The highest BCUT2D eigenvalue weighted by molar-refractivity contribution is 5.94. The molecule has 2 atom stereocenters. The Hall–Kier alpha value is -1.55. The first kappa shape index (κ1) is 12.9. The molecule has 0 saturated carbocycles. The van der Waals surface area contributed by atoms with Crippen molar-refractivity contribution in [3.8, 4) is 0 Å². The summed E-state index contributed by atoms with van der Waals surface area (Å²) >= 11 is 0. The van der Waals surface area contributed by atoms with Gasteiger partial charge in [0, 0.05) is 18.3 Å². The summed E-state index contributed by atoms with van der Waals surface area (Å²) in [6.45, 7) is 2.85. The Labute approximate surface area is 107 Å². The maximum atomic E-state index is 11.1. The van der Waals surface area contributed by atoms with Crippen LogP contribution in [0, 0.1) is 0 Å². The van der Waals surface area contributed by atoms with Gasteiger partial charge < -0.3 is 15.2 Å². The van der Waals surface area contributed by atoms with Crippen molar-refractivity contribution in [1.29, 1.82) is 0 Å². The maximum Gasteiger partial charge on any atom is 0.337 e. The van der Waals surface area contributed by atoms with Crippen LogP contribution in [-0.4, -0.2) is 29.8 Å². The number of benzene rings is 1. The average molecular weight is 249 g/mol. The molecule has 4 nitrogen and oxygen atoms in total. The number of para-hydroxylation sites is 1. The van der Waals surface area contributed by atoms with Crippen molar-refractivity contribution in [3.63, 3.8) is 0 Å². The molecule has 2 N–H and O–H groups in total. The van der Waals surface area contributed by atoms with Crippen LogP contribution in [0.25, 0.3) is 0 Å². The first-order chi connectivity index (χ1) is 8.70. The molecule has 1 aromatic carbocycles. The minimum Gasteiger partial charge on any atom is -0.478 e. The normalized spacial score (nSPS) is 23.6. The number of anilines is 1. The van der Waals surface area contributed by atoms with Gasteiger partial charge in [-0.05, 0) is 31.4 Å². The second kappa shape index (κ2) is 5.87. The lowest BCUT2D eigenvalue weighted by Crippen LogP contribution is -2.34. The zero-order valence-corrected chi connectivity index (χ0v) is 10.6. The standard InChI is InChI=1S/C14H19NO3/c1-2-11-9-10(7-8-18-11)15-13-6-4-3-5-12(13)14(16)17/h3-6,10-11,15H,2,7-9H2,1H3,(H,16,17). The molecule has 0 spiro atoms. The first-order valence-electron chi connectivity index (χ1n) is 6.41. The predicted octanol–water partition coefficient (Wildman–Crippen LogP) is 2.75. The second-order valence-electron chi connectivity index (χ2n) is 4.62. The quantitative estimate of drug-likeness (QED) is 0.861. The highest BCUT2D eigenvalue weighted by Crippen LogP contribution is 2.22. The average Bonchev–Trinajstić information content (AvgIpc) is 2.39. The molecule has 1 heterocycles. The van der Waals surface area contributed by atoms with E-state index in [1.807, 2.05) is 12.1 Å². The number of hydrogen-bond donors (Lipinski definition) is 2. The Bertz CT molecular complexity index is 419. The van der Waals surface area contributed by atoms with Crippen LogP contribution in [0.3, 0.4) is 0 Å². The molecule has 1 aliphatic rings. The summed E-state index contributed by atoms with van der Waals surface area (Å²) in [5.74, 6) is -0.891. The minimum absolute atomic E-state index is 0.285. The van der Waals surface area contributed by atoms with E-state index in [2.05, 4.69) is 12.2 Å². The molecule has 0 aromatic heterocycles. The first-order valence-corrected chi connectivity index (χ1v) is 6.41. The van der Waals surface area contributed by atoms with Crippen molar-refractivity contribution < 1.29 is 14.6 Å². The van der Waals surface area contributed by atoms with Crippen LogP contribution in [0.2, 0.25) is 0 Å². The van der Waals surface area contributed by atoms with Crippen molar-refractivity contribution in [1.82, 2.24) is 0 Å². The number of hydrogen-bond acceptors (Lipinski definition) is 3. The molecule has 1 aromatic rings.